The molecule has 2 aromatic heterocycles. The average molecular weight is 340 g/mol. The van der Waals surface area contributed by atoms with Crippen LogP contribution in [0.3, 0.4) is 0 Å². The summed E-state index contributed by atoms with van der Waals surface area (Å²) >= 11 is 3.45. The van der Waals surface area contributed by atoms with E-state index in [4.69, 9.17) is 4.74 Å². The van der Waals surface area contributed by atoms with Crippen molar-refractivity contribution in [2.75, 3.05) is 18.5 Å². The quantitative estimate of drug-likeness (QED) is 0.850. The summed E-state index contributed by atoms with van der Waals surface area (Å²) in [6, 6.07) is 3.88. The number of nitrogens with zero attached hydrogens (tertiary/aromatic N) is 2. The largest absolute Gasteiger partial charge is 0.465 e. The molecule has 2 aromatic rings. The maximum Gasteiger partial charge on any atom is 0.325 e. The van der Waals surface area contributed by atoms with Crippen LogP contribution >= 0.6 is 15.9 Å². The number of halogens is 1. The van der Waals surface area contributed by atoms with Gasteiger partial charge in [0.2, 0.25) is 0 Å². The van der Waals surface area contributed by atoms with Crippen molar-refractivity contribution in [1.29, 1.82) is 0 Å². The van der Waals surface area contributed by atoms with E-state index in [1.54, 1.807) is 6.92 Å². The van der Waals surface area contributed by atoms with Gasteiger partial charge in [-0.3, -0.25) is 9.20 Å². The van der Waals surface area contributed by atoms with Crippen molar-refractivity contribution in [3.8, 4) is 0 Å². The van der Waals surface area contributed by atoms with E-state index < -0.39 is 0 Å². The molecule has 2 heterocycles. The second kappa shape index (κ2) is 6.26. The van der Waals surface area contributed by atoms with Crippen LogP contribution in [-0.4, -0.2) is 28.5 Å². The van der Waals surface area contributed by atoms with Crippen molar-refractivity contribution in [1.82, 2.24) is 9.38 Å². The van der Waals surface area contributed by atoms with Crippen molar-refractivity contribution in [2.45, 2.75) is 26.7 Å². The van der Waals surface area contributed by atoms with Gasteiger partial charge in [0.25, 0.3) is 0 Å². The Balaban J connectivity index is 2.35. The summed E-state index contributed by atoms with van der Waals surface area (Å²) in [5.74, 6) is 0.829. The van der Waals surface area contributed by atoms with Crippen LogP contribution in [0, 0.1) is 0 Å². The average Bonchev–Trinajstić information content (AvgIpc) is 2.75. The van der Waals surface area contributed by atoms with Gasteiger partial charge in [0, 0.05) is 10.7 Å². The molecule has 20 heavy (non-hydrogen) atoms. The first-order valence-electron chi connectivity index (χ1n) is 6.60. The third-order valence-electron chi connectivity index (χ3n) is 2.86. The predicted molar refractivity (Wildman–Crippen MR) is 82.1 cm³/mol. The van der Waals surface area contributed by atoms with Crippen LogP contribution in [0.5, 0.6) is 0 Å². The second-order valence-electron chi connectivity index (χ2n) is 4.73. The molecule has 0 aliphatic carbocycles. The molecule has 0 aromatic carbocycles. The molecule has 0 spiro atoms. The van der Waals surface area contributed by atoms with Gasteiger partial charge in [-0.25, -0.2) is 4.98 Å². The van der Waals surface area contributed by atoms with Crippen molar-refractivity contribution in [3.05, 3.63) is 28.5 Å². The summed E-state index contributed by atoms with van der Waals surface area (Å²) in [6.45, 7) is 6.46. The van der Waals surface area contributed by atoms with E-state index in [0.29, 0.717) is 6.61 Å². The van der Waals surface area contributed by atoms with E-state index >= 15 is 0 Å². The van der Waals surface area contributed by atoms with Crippen LogP contribution in [-0.2, 0) is 9.53 Å². The predicted octanol–water partition coefficient (Wildman–Crippen LogP) is 3.20. The lowest BCUT2D eigenvalue weighted by atomic mass is 10.1. The number of rotatable bonds is 5. The molecule has 108 valence electrons. The summed E-state index contributed by atoms with van der Waals surface area (Å²) in [5, 5.41) is 3.13. The number of hydrogen-bond donors (Lipinski definition) is 1. The third-order valence-corrected chi connectivity index (χ3v) is 3.33. The van der Waals surface area contributed by atoms with Gasteiger partial charge in [-0.2, -0.15) is 0 Å². The monoisotopic (exact) mass is 339 g/mol. The van der Waals surface area contributed by atoms with Crippen LogP contribution in [0.4, 0.5) is 5.82 Å². The van der Waals surface area contributed by atoms with Gasteiger partial charge in [0.15, 0.2) is 0 Å². The minimum Gasteiger partial charge on any atom is -0.465 e. The smallest absolute Gasteiger partial charge is 0.325 e. The molecule has 0 saturated heterocycles. The maximum absolute atomic E-state index is 11.5. The Hall–Kier alpha value is -1.56. The Morgan fingerprint density at radius 2 is 2.25 bits per heavy atom. The van der Waals surface area contributed by atoms with Crippen molar-refractivity contribution >= 4 is 33.4 Å². The topological polar surface area (TPSA) is 55.6 Å². The van der Waals surface area contributed by atoms with E-state index in [-0.39, 0.29) is 18.4 Å². The maximum atomic E-state index is 11.5. The standard InChI is InChI=1S/C14H18BrN3O2/c1-4-20-12(19)7-16-14-13(9(2)3)17-11-6-5-10(15)8-18(11)14/h5-6,8-9,16H,4,7H2,1-3H3. The lowest BCUT2D eigenvalue weighted by Crippen LogP contribution is -2.18. The molecule has 6 heteroatoms. The van der Waals surface area contributed by atoms with E-state index in [1.165, 1.54) is 0 Å². The molecule has 2 rings (SSSR count). The van der Waals surface area contributed by atoms with Crippen LogP contribution in [0.25, 0.3) is 5.65 Å². The first-order valence-corrected chi connectivity index (χ1v) is 7.39. The summed E-state index contributed by atoms with van der Waals surface area (Å²) in [6.07, 6.45) is 1.93. The van der Waals surface area contributed by atoms with E-state index in [9.17, 15) is 4.79 Å². The van der Waals surface area contributed by atoms with Gasteiger partial charge in [0.05, 0.1) is 12.3 Å². The van der Waals surface area contributed by atoms with Crippen LogP contribution in [0.2, 0.25) is 0 Å². The number of carbonyl (C=O) groups is 1. The molecule has 0 atom stereocenters. The van der Waals surface area contributed by atoms with Gasteiger partial charge in [0.1, 0.15) is 18.0 Å². The number of fused-ring (bicyclic) bond motifs is 1. The number of imidazole rings is 1. The van der Waals surface area contributed by atoms with Gasteiger partial charge in [-0.05, 0) is 40.9 Å². The van der Waals surface area contributed by atoms with Crippen molar-refractivity contribution in [3.63, 3.8) is 0 Å². The van der Waals surface area contributed by atoms with E-state index in [0.717, 1.165) is 21.6 Å². The van der Waals surface area contributed by atoms with Gasteiger partial charge < -0.3 is 10.1 Å². The second-order valence-corrected chi connectivity index (χ2v) is 5.65. The fraction of sp³-hybridized carbons (Fsp3) is 0.429. The van der Waals surface area contributed by atoms with Crippen LogP contribution < -0.4 is 5.32 Å². The first kappa shape index (κ1) is 14.8. The summed E-state index contributed by atoms with van der Waals surface area (Å²) in [5.41, 5.74) is 1.79. The molecule has 0 amide bonds. The lowest BCUT2D eigenvalue weighted by Gasteiger charge is -2.10. The molecule has 0 bridgehead atoms. The number of esters is 1. The highest BCUT2D eigenvalue weighted by atomic mass is 79.9. The molecule has 0 aliphatic rings. The molecule has 0 aliphatic heterocycles. The minimum atomic E-state index is -0.271. The number of pyridine rings is 1. The number of aromatic nitrogens is 2. The Morgan fingerprint density at radius 1 is 1.50 bits per heavy atom. The highest BCUT2D eigenvalue weighted by molar-refractivity contribution is 9.10. The Labute approximate surface area is 126 Å². The Bertz CT molecular complexity index is 622. The molecular weight excluding hydrogens is 322 g/mol. The fourth-order valence-electron chi connectivity index (χ4n) is 1.98. The Kier molecular flexibility index (Phi) is 4.65. The number of carbonyl (C=O) groups excluding carboxylic acids is 1. The third kappa shape index (κ3) is 3.12. The molecule has 0 radical (unpaired) electrons. The molecule has 1 N–H and O–H groups in total. The first-order chi connectivity index (χ1) is 9.52. The summed E-state index contributed by atoms with van der Waals surface area (Å²) < 4.78 is 7.83. The summed E-state index contributed by atoms with van der Waals surface area (Å²) in [4.78, 5) is 16.1. The molecule has 0 fully saturated rings. The highest BCUT2D eigenvalue weighted by Gasteiger charge is 2.16. The van der Waals surface area contributed by atoms with E-state index in [1.807, 2.05) is 22.7 Å². The zero-order chi connectivity index (χ0) is 14.7. The number of ether oxygens (including phenoxy) is 1. The molecule has 0 unspecified atom stereocenters. The Morgan fingerprint density at radius 3 is 2.90 bits per heavy atom. The van der Waals surface area contributed by atoms with Gasteiger partial charge in [-0.1, -0.05) is 13.8 Å². The van der Waals surface area contributed by atoms with Gasteiger partial charge in [-0.15, -0.1) is 0 Å². The SMILES string of the molecule is CCOC(=O)CNc1c(C(C)C)nc2ccc(Br)cn12. The number of nitrogens with one attached hydrogen (secondary N) is 1. The molecule has 5 nitrogen and oxygen atoms in total. The normalized spacial score (nSPS) is 11.1. The minimum absolute atomic E-state index is 0.133. The zero-order valence-electron chi connectivity index (χ0n) is 11.8. The number of hydrogen-bond acceptors (Lipinski definition) is 4. The number of anilines is 1. The summed E-state index contributed by atoms with van der Waals surface area (Å²) in [7, 11) is 0. The van der Waals surface area contributed by atoms with Crippen LogP contribution in [0.15, 0.2) is 22.8 Å². The molecule has 0 saturated carbocycles. The van der Waals surface area contributed by atoms with Gasteiger partial charge >= 0.3 is 5.97 Å². The van der Waals surface area contributed by atoms with Crippen molar-refractivity contribution in [2.24, 2.45) is 0 Å². The lowest BCUT2D eigenvalue weighted by molar-refractivity contribution is -0.140. The fourth-order valence-corrected chi connectivity index (χ4v) is 2.32. The highest BCUT2D eigenvalue weighted by Crippen LogP contribution is 2.26. The van der Waals surface area contributed by atoms with Crippen molar-refractivity contribution < 1.29 is 9.53 Å². The van der Waals surface area contributed by atoms with E-state index in [2.05, 4.69) is 40.1 Å². The zero-order valence-corrected chi connectivity index (χ0v) is 13.4. The van der Waals surface area contributed by atoms with Crippen LogP contribution in [0.1, 0.15) is 32.4 Å². The molecular formula is C14H18BrN3O2.